The van der Waals surface area contributed by atoms with E-state index in [9.17, 15) is 19.6 Å². The van der Waals surface area contributed by atoms with E-state index in [2.05, 4.69) is 24.3 Å². The van der Waals surface area contributed by atoms with Crippen LogP contribution >= 0.6 is 0 Å². The van der Waals surface area contributed by atoms with Gasteiger partial charge in [-0.25, -0.2) is 4.79 Å². The van der Waals surface area contributed by atoms with Crippen molar-refractivity contribution in [1.29, 1.82) is 0 Å². The molecular formula is C32H44N2O6. The molecule has 4 aliphatic carbocycles. The SMILES string of the molecule is CC(C)(CNC(=O)OCc1ccccc1)C(=O)O[C@H]1CC[C@@]2(C)C(C1)/C(=N/O)C[C@@H]1[C@@H]2CC[C@]2(C)C(=O)CC[C@@H]12. The van der Waals surface area contributed by atoms with E-state index < -0.39 is 11.5 Å². The third-order valence-electron chi connectivity index (χ3n) is 11.0. The Bertz CT molecular complexity index is 1170. The molecule has 218 valence electrons. The Morgan fingerprint density at radius 1 is 1.10 bits per heavy atom. The lowest BCUT2D eigenvalue weighted by molar-refractivity contribution is -0.165. The van der Waals surface area contributed by atoms with Crippen LogP contribution in [-0.2, 0) is 25.7 Å². The number of nitrogens with one attached hydrogen (secondary N) is 1. The molecule has 0 spiro atoms. The van der Waals surface area contributed by atoms with E-state index in [0.29, 0.717) is 36.4 Å². The molecule has 8 heteroatoms. The van der Waals surface area contributed by atoms with Crippen molar-refractivity contribution in [3.8, 4) is 0 Å². The smallest absolute Gasteiger partial charge is 0.407 e. The first-order chi connectivity index (χ1) is 19.0. The number of hydrogen-bond donors (Lipinski definition) is 2. The molecule has 4 aliphatic rings. The first kappa shape index (κ1) is 28.6. The van der Waals surface area contributed by atoms with Crippen LogP contribution in [0.25, 0.3) is 0 Å². The second kappa shape index (κ2) is 10.8. The van der Waals surface area contributed by atoms with E-state index in [0.717, 1.165) is 49.8 Å². The monoisotopic (exact) mass is 552 g/mol. The van der Waals surface area contributed by atoms with Crippen molar-refractivity contribution in [2.24, 2.45) is 45.1 Å². The molecule has 40 heavy (non-hydrogen) atoms. The zero-order valence-electron chi connectivity index (χ0n) is 24.3. The molecular weight excluding hydrogens is 508 g/mol. The molecule has 1 unspecified atom stereocenters. The number of rotatable bonds is 6. The van der Waals surface area contributed by atoms with Crippen molar-refractivity contribution in [1.82, 2.24) is 5.32 Å². The van der Waals surface area contributed by atoms with Gasteiger partial charge in [0.2, 0.25) is 0 Å². The average molecular weight is 553 g/mol. The molecule has 0 heterocycles. The van der Waals surface area contributed by atoms with Gasteiger partial charge in [0.1, 0.15) is 18.5 Å². The Morgan fingerprint density at radius 3 is 2.58 bits per heavy atom. The van der Waals surface area contributed by atoms with Gasteiger partial charge < -0.3 is 20.0 Å². The zero-order chi connectivity index (χ0) is 28.7. The molecule has 0 saturated heterocycles. The van der Waals surface area contributed by atoms with Crippen LogP contribution in [0.3, 0.4) is 0 Å². The topological polar surface area (TPSA) is 114 Å². The summed E-state index contributed by atoms with van der Waals surface area (Å²) >= 11 is 0. The summed E-state index contributed by atoms with van der Waals surface area (Å²) in [6.45, 7) is 8.25. The van der Waals surface area contributed by atoms with Gasteiger partial charge in [-0.2, -0.15) is 0 Å². The van der Waals surface area contributed by atoms with Crippen LogP contribution in [0.4, 0.5) is 4.79 Å². The van der Waals surface area contributed by atoms with E-state index in [1.54, 1.807) is 13.8 Å². The summed E-state index contributed by atoms with van der Waals surface area (Å²) in [6.07, 6.45) is 5.73. The number of alkyl carbamates (subject to hydrolysis) is 1. The lowest BCUT2D eigenvalue weighted by Gasteiger charge is -2.60. The van der Waals surface area contributed by atoms with Crippen molar-refractivity contribution in [2.75, 3.05) is 6.54 Å². The highest BCUT2D eigenvalue weighted by atomic mass is 16.6. The molecule has 0 radical (unpaired) electrons. The Balaban J connectivity index is 1.18. The van der Waals surface area contributed by atoms with Crippen molar-refractivity contribution in [3.63, 3.8) is 0 Å². The number of carbonyl (C=O) groups is 3. The van der Waals surface area contributed by atoms with Gasteiger partial charge in [-0.15, -0.1) is 0 Å². The summed E-state index contributed by atoms with van der Waals surface area (Å²) in [5.74, 6) is 1.29. The normalized spacial score (nSPS) is 36.2. The van der Waals surface area contributed by atoms with Crippen LogP contribution in [0.1, 0.15) is 84.6 Å². The first-order valence-electron chi connectivity index (χ1n) is 14.9. The molecule has 0 aromatic heterocycles. The molecule has 4 saturated carbocycles. The summed E-state index contributed by atoms with van der Waals surface area (Å²) < 4.78 is 11.3. The van der Waals surface area contributed by atoms with Crippen molar-refractivity contribution in [2.45, 2.75) is 91.8 Å². The van der Waals surface area contributed by atoms with Crippen LogP contribution in [0.5, 0.6) is 0 Å². The predicted molar refractivity (Wildman–Crippen MR) is 150 cm³/mol. The molecule has 0 aliphatic heterocycles. The minimum absolute atomic E-state index is 0.0417. The van der Waals surface area contributed by atoms with E-state index in [4.69, 9.17) is 9.47 Å². The summed E-state index contributed by atoms with van der Waals surface area (Å²) in [7, 11) is 0. The molecule has 0 bridgehead atoms. The van der Waals surface area contributed by atoms with Gasteiger partial charge in [-0.1, -0.05) is 49.3 Å². The van der Waals surface area contributed by atoms with Crippen LogP contribution in [0, 0.1) is 39.9 Å². The zero-order valence-corrected chi connectivity index (χ0v) is 24.3. The van der Waals surface area contributed by atoms with Gasteiger partial charge in [0.25, 0.3) is 0 Å². The van der Waals surface area contributed by atoms with Crippen LogP contribution in [0.15, 0.2) is 35.5 Å². The number of ether oxygens (including phenoxy) is 2. The Hall–Kier alpha value is -2.90. The van der Waals surface area contributed by atoms with Gasteiger partial charge in [-0.05, 0) is 87.5 Å². The maximum atomic E-state index is 13.2. The third-order valence-corrected chi connectivity index (χ3v) is 11.0. The lowest BCUT2D eigenvalue weighted by Crippen LogP contribution is -2.57. The number of carbonyl (C=O) groups excluding carboxylic acids is 3. The van der Waals surface area contributed by atoms with E-state index in [-0.39, 0.29) is 42.0 Å². The van der Waals surface area contributed by atoms with Crippen LogP contribution < -0.4 is 5.32 Å². The van der Waals surface area contributed by atoms with Crippen molar-refractivity contribution < 1.29 is 29.1 Å². The van der Waals surface area contributed by atoms with Gasteiger partial charge >= 0.3 is 12.1 Å². The fraction of sp³-hybridized carbons (Fsp3) is 0.688. The summed E-state index contributed by atoms with van der Waals surface area (Å²) in [4.78, 5) is 38.2. The largest absolute Gasteiger partial charge is 0.462 e. The predicted octanol–water partition coefficient (Wildman–Crippen LogP) is 5.90. The van der Waals surface area contributed by atoms with Crippen LogP contribution in [0.2, 0.25) is 0 Å². The average Bonchev–Trinajstić information content (AvgIpc) is 3.25. The molecule has 8 nitrogen and oxygen atoms in total. The number of Topliss-reactive ketones (excluding diaryl/α,β-unsaturated/α-hetero) is 1. The number of esters is 1. The number of oxime groups is 1. The Kier molecular flexibility index (Phi) is 7.75. The van der Waals surface area contributed by atoms with E-state index in [1.165, 1.54) is 0 Å². The summed E-state index contributed by atoms with van der Waals surface area (Å²) in [6, 6.07) is 9.42. The number of amides is 1. The van der Waals surface area contributed by atoms with Gasteiger partial charge in [0.15, 0.2) is 0 Å². The van der Waals surface area contributed by atoms with E-state index >= 15 is 0 Å². The Morgan fingerprint density at radius 2 is 1.85 bits per heavy atom. The quantitative estimate of drug-likeness (QED) is 0.258. The molecule has 7 atom stereocenters. The van der Waals surface area contributed by atoms with Crippen molar-refractivity contribution >= 4 is 23.6 Å². The first-order valence-corrected chi connectivity index (χ1v) is 14.9. The van der Waals surface area contributed by atoms with Crippen LogP contribution in [-0.4, -0.2) is 41.4 Å². The third kappa shape index (κ3) is 5.14. The number of nitrogens with zero attached hydrogens (tertiary/aromatic N) is 1. The molecule has 2 N–H and O–H groups in total. The summed E-state index contributed by atoms with van der Waals surface area (Å²) in [5.41, 5.74) is 0.487. The van der Waals surface area contributed by atoms with Gasteiger partial charge in [0, 0.05) is 24.3 Å². The highest BCUT2D eigenvalue weighted by Gasteiger charge is 2.62. The second-order valence-corrected chi connectivity index (χ2v) is 13.7. The maximum Gasteiger partial charge on any atom is 0.407 e. The van der Waals surface area contributed by atoms with Gasteiger partial charge in [0.05, 0.1) is 11.1 Å². The number of fused-ring (bicyclic) bond motifs is 5. The van der Waals surface area contributed by atoms with E-state index in [1.807, 2.05) is 30.3 Å². The molecule has 5 rings (SSSR count). The highest BCUT2D eigenvalue weighted by molar-refractivity contribution is 5.90. The number of benzene rings is 1. The van der Waals surface area contributed by atoms with Crippen molar-refractivity contribution in [3.05, 3.63) is 35.9 Å². The fourth-order valence-electron chi connectivity index (χ4n) is 8.47. The summed E-state index contributed by atoms with van der Waals surface area (Å²) in [5, 5.41) is 16.6. The highest BCUT2D eigenvalue weighted by Crippen LogP contribution is 2.65. The lowest BCUT2D eigenvalue weighted by atomic mass is 9.44. The number of hydrogen-bond acceptors (Lipinski definition) is 7. The number of ketones is 1. The minimum Gasteiger partial charge on any atom is -0.462 e. The fourth-order valence-corrected chi connectivity index (χ4v) is 8.47. The molecule has 1 aromatic rings. The minimum atomic E-state index is -0.930. The van der Waals surface area contributed by atoms with Gasteiger partial charge in [-0.3, -0.25) is 9.59 Å². The molecule has 1 amide bonds. The Labute approximate surface area is 237 Å². The molecule has 1 aromatic carbocycles. The second-order valence-electron chi connectivity index (χ2n) is 13.7. The standard InChI is InChI=1S/C32H44N2O6/c1-30(2,19-33-29(37)39-18-20-8-6-5-7-9-20)28(36)40-21-12-14-31(3)24-13-15-32(4)23(10-11-27(32)35)22(24)17-26(34-38)25(31)16-21/h5-9,21-25,38H,10-19H2,1-4H3,(H,33,37)/b34-26+/t21-,22-,23-,24-,25?,31+,32-/m0/s1. The molecule has 4 fully saturated rings. The maximum absolute atomic E-state index is 13.2.